The highest BCUT2D eigenvalue weighted by molar-refractivity contribution is 6.30. The zero-order valence-corrected chi connectivity index (χ0v) is 13.0. The van der Waals surface area contributed by atoms with Crippen LogP contribution >= 0.6 is 0 Å². The highest BCUT2D eigenvalue weighted by Crippen LogP contribution is 2.27. The van der Waals surface area contributed by atoms with Gasteiger partial charge in [0.15, 0.2) is 0 Å². The Balaban J connectivity index is 0.000000885. The van der Waals surface area contributed by atoms with Gasteiger partial charge in [0.25, 0.3) is 0 Å². The molecule has 0 saturated heterocycles. The minimum atomic E-state index is -2.17. The molecule has 1 atom stereocenters. The monoisotopic (exact) mass is 300 g/mol. The lowest BCUT2D eigenvalue weighted by atomic mass is 9.88. The first-order valence-electron chi connectivity index (χ1n) is 6.56. The van der Waals surface area contributed by atoms with Gasteiger partial charge in [0, 0.05) is 7.11 Å². The van der Waals surface area contributed by atoms with Crippen LogP contribution in [-0.4, -0.2) is 52.4 Å². The second kappa shape index (κ2) is 9.14. The summed E-state index contributed by atoms with van der Waals surface area (Å²) in [5.41, 5.74) is -0.603. The molecule has 0 saturated carbocycles. The Bertz CT molecular complexity index is 376. The second-order valence-electron chi connectivity index (χ2n) is 5.34. The summed E-state index contributed by atoms with van der Waals surface area (Å²) >= 11 is 0. The lowest BCUT2D eigenvalue weighted by Crippen LogP contribution is -2.52. The van der Waals surface area contributed by atoms with Gasteiger partial charge in [-0.15, -0.1) is 0 Å². The van der Waals surface area contributed by atoms with E-state index in [1.54, 1.807) is 21.0 Å². The molecular weight excluding hydrogens is 275 g/mol. The van der Waals surface area contributed by atoms with Crippen molar-refractivity contribution < 1.29 is 29.7 Å². The molecule has 0 fully saturated rings. The third-order valence-corrected chi connectivity index (χ3v) is 3.11. The van der Waals surface area contributed by atoms with Gasteiger partial charge in [-0.3, -0.25) is 0 Å². The molecule has 0 aliphatic carbocycles. The van der Waals surface area contributed by atoms with Gasteiger partial charge in [-0.05, 0) is 26.3 Å². The Morgan fingerprint density at radius 3 is 1.90 bits per heavy atom. The summed E-state index contributed by atoms with van der Waals surface area (Å²) in [7, 11) is -0.560. The largest absolute Gasteiger partial charge is 0.631 e. The van der Waals surface area contributed by atoms with E-state index in [2.05, 4.69) is 0 Å². The van der Waals surface area contributed by atoms with E-state index < -0.39 is 18.5 Å². The second-order valence-corrected chi connectivity index (χ2v) is 5.34. The fraction of sp³-hybridized carbons (Fsp3) is 0.571. The summed E-state index contributed by atoms with van der Waals surface area (Å²) in [6.45, 7) is 6.14. The zero-order chi connectivity index (χ0) is 16.5. The van der Waals surface area contributed by atoms with Crippen molar-refractivity contribution >= 4 is 7.32 Å². The first kappa shape index (κ1) is 20.0. The van der Waals surface area contributed by atoms with Crippen LogP contribution in [0.2, 0.25) is 0 Å². The molecular formula is C14H25BO6. The lowest BCUT2D eigenvalue weighted by molar-refractivity contribution is -0.188. The highest BCUT2D eigenvalue weighted by Gasteiger charge is 2.40. The molecule has 1 aromatic rings. The van der Waals surface area contributed by atoms with Gasteiger partial charge in [0.05, 0.1) is 18.8 Å². The number of rotatable bonds is 6. The van der Waals surface area contributed by atoms with Gasteiger partial charge in [-0.1, -0.05) is 30.3 Å². The predicted octanol–water partition coefficient (Wildman–Crippen LogP) is 0.327. The Kier molecular flexibility index (Phi) is 8.73. The summed E-state index contributed by atoms with van der Waals surface area (Å²) in [6, 6.07) is 9.90. The van der Waals surface area contributed by atoms with Crippen LogP contribution in [0.5, 0.6) is 0 Å². The maximum Gasteiger partial charge on any atom is 0.631 e. The van der Waals surface area contributed by atoms with E-state index in [0.717, 1.165) is 5.56 Å². The molecule has 0 aliphatic heterocycles. The fourth-order valence-electron chi connectivity index (χ4n) is 1.49. The summed E-state index contributed by atoms with van der Waals surface area (Å²) in [5, 5.41) is 31.6. The molecule has 0 heterocycles. The Labute approximate surface area is 126 Å². The topological polar surface area (TPSA) is 99.4 Å². The van der Waals surface area contributed by atoms with Crippen molar-refractivity contribution in [1.82, 2.24) is 0 Å². The standard InChI is InChI=1S/C14H22O3.BH3O3/c1-13(2,15)14(3,11-16-4)17-10-12-8-6-5-7-9-12;2-1(3)4/h5-9,15H,10-11H2,1-4H3;2-4H. The number of hydrogen-bond acceptors (Lipinski definition) is 6. The number of benzene rings is 1. The average molecular weight is 300 g/mol. The molecule has 0 aromatic heterocycles. The molecule has 21 heavy (non-hydrogen) atoms. The van der Waals surface area contributed by atoms with Crippen LogP contribution < -0.4 is 0 Å². The summed E-state index contributed by atoms with van der Waals surface area (Å²) in [4.78, 5) is 0. The maximum absolute atomic E-state index is 10.1. The third-order valence-electron chi connectivity index (χ3n) is 3.11. The minimum Gasteiger partial charge on any atom is -0.402 e. The van der Waals surface area contributed by atoms with Gasteiger partial charge in [-0.25, -0.2) is 0 Å². The molecule has 1 rings (SSSR count). The van der Waals surface area contributed by atoms with Crippen molar-refractivity contribution in [2.45, 2.75) is 38.6 Å². The van der Waals surface area contributed by atoms with Crippen LogP contribution in [0.25, 0.3) is 0 Å². The summed E-state index contributed by atoms with van der Waals surface area (Å²) in [6.07, 6.45) is 0. The smallest absolute Gasteiger partial charge is 0.402 e. The highest BCUT2D eigenvalue weighted by atomic mass is 16.5. The van der Waals surface area contributed by atoms with Crippen LogP contribution in [0.3, 0.4) is 0 Å². The minimum absolute atomic E-state index is 0.351. The van der Waals surface area contributed by atoms with Crippen molar-refractivity contribution in [3.63, 3.8) is 0 Å². The molecule has 0 amide bonds. The van der Waals surface area contributed by atoms with Crippen molar-refractivity contribution in [2.24, 2.45) is 0 Å². The number of ether oxygens (including phenoxy) is 2. The van der Waals surface area contributed by atoms with Crippen LogP contribution in [-0.2, 0) is 16.1 Å². The summed E-state index contributed by atoms with van der Waals surface area (Å²) < 4.78 is 11.0. The number of aliphatic hydroxyl groups is 1. The quantitative estimate of drug-likeness (QED) is 0.565. The van der Waals surface area contributed by atoms with Crippen molar-refractivity contribution in [2.75, 3.05) is 13.7 Å². The SMILES string of the molecule is COCC(C)(OCc1ccccc1)C(C)(C)O.OB(O)O. The Hall–Kier alpha value is -0.955. The van der Waals surface area contributed by atoms with Crippen LogP contribution in [0.1, 0.15) is 26.3 Å². The normalized spacial score (nSPS) is 13.9. The van der Waals surface area contributed by atoms with Gasteiger partial charge >= 0.3 is 7.32 Å². The molecule has 0 spiro atoms. The fourth-order valence-corrected chi connectivity index (χ4v) is 1.49. The number of methoxy groups -OCH3 is 1. The van der Waals surface area contributed by atoms with Crippen molar-refractivity contribution in [3.05, 3.63) is 35.9 Å². The molecule has 4 N–H and O–H groups in total. The van der Waals surface area contributed by atoms with Crippen LogP contribution in [0.15, 0.2) is 30.3 Å². The molecule has 6 nitrogen and oxygen atoms in total. The van der Waals surface area contributed by atoms with E-state index in [-0.39, 0.29) is 0 Å². The predicted molar refractivity (Wildman–Crippen MR) is 80.2 cm³/mol. The third kappa shape index (κ3) is 8.16. The molecule has 0 radical (unpaired) electrons. The van der Waals surface area contributed by atoms with E-state index >= 15 is 0 Å². The van der Waals surface area contributed by atoms with E-state index in [0.29, 0.717) is 13.2 Å². The van der Waals surface area contributed by atoms with Crippen molar-refractivity contribution in [1.29, 1.82) is 0 Å². The zero-order valence-electron chi connectivity index (χ0n) is 13.0. The van der Waals surface area contributed by atoms with E-state index in [9.17, 15) is 5.11 Å². The van der Waals surface area contributed by atoms with Gasteiger partial charge < -0.3 is 29.7 Å². The van der Waals surface area contributed by atoms with Gasteiger partial charge in [-0.2, -0.15) is 0 Å². The maximum atomic E-state index is 10.1. The molecule has 120 valence electrons. The first-order valence-corrected chi connectivity index (χ1v) is 6.56. The average Bonchev–Trinajstić information content (AvgIpc) is 2.36. The van der Waals surface area contributed by atoms with E-state index in [4.69, 9.17) is 24.5 Å². The number of hydrogen-bond donors (Lipinski definition) is 4. The molecule has 1 unspecified atom stereocenters. The molecule has 1 aromatic carbocycles. The van der Waals surface area contributed by atoms with Gasteiger partial charge in [0.1, 0.15) is 5.60 Å². The van der Waals surface area contributed by atoms with Gasteiger partial charge in [0.2, 0.25) is 0 Å². The Morgan fingerprint density at radius 1 is 1.05 bits per heavy atom. The molecule has 0 bridgehead atoms. The van der Waals surface area contributed by atoms with Crippen LogP contribution in [0.4, 0.5) is 0 Å². The van der Waals surface area contributed by atoms with Crippen molar-refractivity contribution in [3.8, 4) is 0 Å². The van der Waals surface area contributed by atoms with E-state index in [1.165, 1.54) is 0 Å². The summed E-state index contributed by atoms with van der Waals surface area (Å²) in [5.74, 6) is 0. The first-order chi connectivity index (χ1) is 9.62. The van der Waals surface area contributed by atoms with E-state index in [1.807, 2.05) is 37.3 Å². The van der Waals surface area contributed by atoms with Crippen LogP contribution in [0, 0.1) is 0 Å². The molecule has 7 heteroatoms. The lowest BCUT2D eigenvalue weighted by Gasteiger charge is -2.39. The molecule has 0 aliphatic rings. The Morgan fingerprint density at radius 2 is 1.52 bits per heavy atom.